The van der Waals surface area contributed by atoms with Crippen molar-refractivity contribution in [2.45, 2.75) is 32.7 Å². The summed E-state index contributed by atoms with van der Waals surface area (Å²) in [5.74, 6) is -0.755. The van der Waals surface area contributed by atoms with Gasteiger partial charge in [-0.25, -0.2) is 8.78 Å². The predicted octanol–water partition coefficient (Wildman–Crippen LogP) is 3.72. The van der Waals surface area contributed by atoms with Crippen molar-refractivity contribution in [3.63, 3.8) is 0 Å². The first kappa shape index (κ1) is 13.7. The van der Waals surface area contributed by atoms with Gasteiger partial charge in [-0.15, -0.1) is 0 Å². The zero-order chi connectivity index (χ0) is 14.2. The van der Waals surface area contributed by atoms with E-state index in [0.717, 1.165) is 18.9 Å². The third-order valence-corrected chi connectivity index (χ3v) is 3.70. The first-order chi connectivity index (χ1) is 8.88. The van der Waals surface area contributed by atoms with Gasteiger partial charge in [-0.1, -0.05) is 13.8 Å². The van der Waals surface area contributed by atoms with Crippen LogP contribution >= 0.6 is 0 Å². The molecule has 0 saturated heterocycles. The lowest BCUT2D eigenvalue weighted by Gasteiger charge is -2.38. The van der Waals surface area contributed by atoms with Crippen LogP contribution in [0, 0.1) is 33.6 Å². The number of anilines is 1. The second-order valence-corrected chi connectivity index (χ2v) is 5.36. The van der Waals surface area contributed by atoms with Crippen LogP contribution in [0.3, 0.4) is 0 Å². The van der Waals surface area contributed by atoms with Crippen LogP contribution in [0.4, 0.5) is 20.2 Å². The SMILES string of the molecule is CC(C)C1CC(Nc2c(F)cc(F)cc2[N+](=O)[O-])C1. The van der Waals surface area contributed by atoms with Crippen LogP contribution in [0.2, 0.25) is 0 Å². The van der Waals surface area contributed by atoms with Crippen molar-refractivity contribution in [1.29, 1.82) is 0 Å². The lowest BCUT2D eigenvalue weighted by atomic mass is 9.73. The number of nitro benzene ring substituents is 1. The average Bonchev–Trinajstić information content (AvgIpc) is 2.23. The van der Waals surface area contributed by atoms with Crippen molar-refractivity contribution < 1.29 is 13.7 Å². The number of nitrogens with one attached hydrogen (secondary N) is 1. The molecule has 1 aromatic carbocycles. The molecular weight excluding hydrogens is 254 g/mol. The molecule has 0 heterocycles. The Hall–Kier alpha value is -1.72. The van der Waals surface area contributed by atoms with E-state index < -0.39 is 22.2 Å². The molecule has 6 heteroatoms. The van der Waals surface area contributed by atoms with E-state index in [1.807, 2.05) is 0 Å². The maximum Gasteiger partial charge on any atom is 0.298 e. The Morgan fingerprint density at radius 3 is 2.53 bits per heavy atom. The average molecular weight is 270 g/mol. The lowest BCUT2D eigenvalue weighted by molar-refractivity contribution is -0.384. The van der Waals surface area contributed by atoms with E-state index in [1.165, 1.54) is 0 Å². The summed E-state index contributed by atoms with van der Waals surface area (Å²) < 4.78 is 26.6. The number of nitrogens with zero attached hydrogens (tertiary/aromatic N) is 1. The van der Waals surface area contributed by atoms with Gasteiger partial charge in [0.15, 0.2) is 5.82 Å². The molecule has 1 aliphatic carbocycles. The minimum atomic E-state index is -0.941. The summed E-state index contributed by atoms with van der Waals surface area (Å²) in [4.78, 5) is 10.0. The van der Waals surface area contributed by atoms with Gasteiger partial charge in [0.2, 0.25) is 0 Å². The number of nitro groups is 1. The van der Waals surface area contributed by atoms with Crippen LogP contribution in [0.15, 0.2) is 12.1 Å². The van der Waals surface area contributed by atoms with Crippen molar-refractivity contribution in [2.24, 2.45) is 11.8 Å². The van der Waals surface area contributed by atoms with E-state index in [0.29, 0.717) is 17.9 Å². The van der Waals surface area contributed by atoms with Gasteiger partial charge in [-0.2, -0.15) is 0 Å². The quantitative estimate of drug-likeness (QED) is 0.670. The number of benzene rings is 1. The molecule has 1 saturated carbocycles. The van der Waals surface area contributed by atoms with E-state index in [4.69, 9.17) is 0 Å². The Morgan fingerprint density at radius 1 is 1.37 bits per heavy atom. The van der Waals surface area contributed by atoms with Crippen molar-refractivity contribution in [2.75, 3.05) is 5.32 Å². The van der Waals surface area contributed by atoms with E-state index >= 15 is 0 Å². The predicted molar refractivity (Wildman–Crippen MR) is 68.0 cm³/mol. The molecule has 0 unspecified atom stereocenters. The largest absolute Gasteiger partial charge is 0.374 e. The summed E-state index contributed by atoms with van der Waals surface area (Å²) >= 11 is 0. The monoisotopic (exact) mass is 270 g/mol. The molecule has 19 heavy (non-hydrogen) atoms. The minimum absolute atomic E-state index is 0.0195. The smallest absolute Gasteiger partial charge is 0.298 e. The summed E-state index contributed by atoms with van der Waals surface area (Å²) in [7, 11) is 0. The van der Waals surface area contributed by atoms with E-state index in [2.05, 4.69) is 19.2 Å². The molecule has 0 bridgehead atoms. The van der Waals surface area contributed by atoms with Crippen molar-refractivity contribution in [3.05, 3.63) is 33.9 Å². The molecule has 0 atom stereocenters. The van der Waals surface area contributed by atoms with Gasteiger partial charge in [0.25, 0.3) is 5.69 Å². The van der Waals surface area contributed by atoms with Gasteiger partial charge >= 0.3 is 0 Å². The summed E-state index contributed by atoms with van der Waals surface area (Å²) in [6.07, 6.45) is 1.71. The highest BCUT2D eigenvalue weighted by Crippen LogP contribution is 2.38. The first-order valence-electron chi connectivity index (χ1n) is 6.28. The highest BCUT2D eigenvalue weighted by atomic mass is 19.1. The third kappa shape index (κ3) is 2.83. The standard InChI is InChI=1S/C13H16F2N2O2/c1-7(2)8-3-10(4-8)16-13-11(15)5-9(14)6-12(13)17(18)19/h5-8,10,16H,3-4H2,1-2H3. The fourth-order valence-corrected chi connectivity index (χ4v) is 2.38. The number of hydrogen-bond donors (Lipinski definition) is 1. The molecule has 0 radical (unpaired) electrons. The number of hydrogen-bond acceptors (Lipinski definition) is 3. The summed E-state index contributed by atoms with van der Waals surface area (Å²) in [5, 5.41) is 13.6. The molecule has 4 nitrogen and oxygen atoms in total. The molecule has 2 rings (SSSR count). The topological polar surface area (TPSA) is 55.2 Å². The van der Waals surface area contributed by atoms with Crippen LogP contribution in [-0.2, 0) is 0 Å². The molecule has 104 valence electrons. The van der Waals surface area contributed by atoms with Crippen molar-refractivity contribution >= 4 is 11.4 Å². The van der Waals surface area contributed by atoms with Gasteiger partial charge in [0, 0.05) is 12.1 Å². The molecular formula is C13H16F2N2O2. The van der Waals surface area contributed by atoms with E-state index in [9.17, 15) is 18.9 Å². The van der Waals surface area contributed by atoms with Crippen molar-refractivity contribution in [1.82, 2.24) is 0 Å². The number of rotatable bonds is 4. The van der Waals surface area contributed by atoms with Crippen molar-refractivity contribution in [3.8, 4) is 0 Å². The molecule has 1 fully saturated rings. The molecule has 1 N–H and O–H groups in total. The molecule has 0 amide bonds. The molecule has 1 aromatic rings. The zero-order valence-corrected chi connectivity index (χ0v) is 10.8. The van der Waals surface area contributed by atoms with Gasteiger partial charge in [-0.3, -0.25) is 10.1 Å². The van der Waals surface area contributed by atoms with Crippen LogP contribution in [0.25, 0.3) is 0 Å². The lowest BCUT2D eigenvalue weighted by Crippen LogP contribution is -2.38. The first-order valence-corrected chi connectivity index (χ1v) is 6.28. The maximum atomic E-state index is 13.6. The molecule has 0 aliphatic heterocycles. The van der Waals surface area contributed by atoms with Gasteiger partial charge in [0.1, 0.15) is 11.5 Å². The minimum Gasteiger partial charge on any atom is -0.374 e. The van der Waals surface area contributed by atoms with Gasteiger partial charge in [0.05, 0.1) is 11.0 Å². The Kier molecular flexibility index (Phi) is 3.68. The summed E-state index contributed by atoms with van der Waals surface area (Å²) in [6.45, 7) is 4.23. The second-order valence-electron chi connectivity index (χ2n) is 5.36. The Labute approximate surface area is 110 Å². The molecule has 0 spiro atoms. The molecule has 0 aromatic heterocycles. The number of halogens is 2. The van der Waals surface area contributed by atoms with E-state index in [-0.39, 0.29) is 11.7 Å². The fourth-order valence-electron chi connectivity index (χ4n) is 2.38. The molecule has 1 aliphatic rings. The maximum absolute atomic E-state index is 13.6. The Balaban J connectivity index is 2.15. The third-order valence-electron chi connectivity index (χ3n) is 3.70. The second kappa shape index (κ2) is 5.11. The highest BCUT2D eigenvalue weighted by Gasteiger charge is 2.33. The van der Waals surface area contributed by atoms with Gasteiger partial charge < -0.3 is 5.32 Å². The Morgan fingerprint density at radius 2 is 2.00 bits per heavy atom. The summed E-state index contributed by atoms with van der Waals surface area (Å²) in [6, 6.07) is 1.42. The Bertz CT molecular complexity index is 500. The summed E-state index contributed by atoms with van der Waals surface area (Å²) in [5.41, 5.74) is -0.760. The fraction of sp³-hybridized carbons (Fsp3) is 0.538. The normalized spacial score (nSPS) is 22.2. The highest BCUT2D eigenvalue weighted by molar-refractivity contribution is 5.63. The van der Waals surface area contributed by atoms with Gasteiger partial charge in [-0.05, 0) is 24.7 Å². The van der Waals surface area contributed by atoms with E-state index in [1.54, 1.807) is 0 Å². The van der Waals surface area contributed by atoms with Crippen LogP contribution < -0.4 is 5.32 Å². The van der Waals surface area contributed by atoms with Crippen LogP contribution in [-0.4, -0.2) is 11.0 Å². The van der Waals surface area contributed by atoms with Crippen LogP contribution in [0.5, 0.6) is 0 Å². The van der Waals surface area contributed by atoms with Crippen LogP contribution in [0.1, 0.15) is 26.7 Å². The zero-order valence-electron chi connectivity index (χ0n) is 10.8.